The summed E-state index contributed by atoms with van der Waals surface area (Å²) in [6, 6.07) is 11.8. The van der Waals surface area contributed by atoms with Gasteiger partial charge in [-0.3, -0.25) is 48.3 Å². The van der Waals surface area contributed by atoms with E-state index in [4.69, 9.17) is 5.11 Å². The van der Waals surface area contributed by atoms with Crippen molar-refractivity contribution in [3.05, 3.63) is 71.8 Å². The SMILES string of the molecule is O=CC(CNCCCCCCCC(=O)N[C@@H](Cc1ccccc1)C(=O)N[C@@H](Cc1ccccc1)C(=O)NCCNC(=O)CN1CCN(CC(=O)O)CCN(CC(=O)O)CC1)CC(NC(=O)NC(CCC(=O)O)C(=O)O)C(=O)O. The van der Waals surface area contributed by atoms with Crippen LogP contribution in [0.5, 0.6) is 0 Å². The summed E-state index contributed by atoms with van der Waals surface area (Å²) in [5, 5.41) is 64.9. The van der Waals surface area contributed by atoms with Crippen molar-refractivity contribution in [2.24, 2.45) is 5.92 Å². The number of carboxylic acids is 5. The molecule has 1 aliphatic heterocycles. The number of carbonyl (C=O) groups excluding carboxylic acids is 6. The smallest absolute Gasteiger partial charge is 0.326 e. The summed E-state index contributed by atoms with van der Waals surface area (Å²) in [6.07, 6.45) is 3.08. The van der Waals surface area contributed by atoms with Crippen LogP contribution >= 0.6 is 0 Å². The van der Waals surface area contributed by atoms with E-state index in [1.54, 1.807) is 21.9 Å². The molecule has 26 heteroatoms. The molecule has 0 aliphatic carbocycles. The van der Waals surface area contributed by atoms with Crippen molar-refractivity contribution in [1.82, 2.24) is 51.9 Å². The molecule has 0 spiro atoms. The number of nitrogens with one attached hydrogen (secondary N) is 7. The average Bonchev–Trinajstić information content (AvgIpc) is 3.47. The lowest BCUT2D eigenvalue weighted by molar-refractivity contribution is -0.141. The summed E-state index contributed by atoms with van der Waals surface area (Å²) in [4.78, 5) is 140. The van der Waals surface area contributed by atoms with Crippen LogP contribution in [0.15, 0.2) is 60.7 Å². The Morgan fingerprint density at radius 1 is 0.487 bits per heavy atom. The molecule has 0 radical (unpaired) electrons. The molecule has 2 aromatic rings. The Balaban J connectivity index is 1.48. The first kappa shape index (κ1) is 64.7. The zero-order valence-corrected chi connectivity index (χ0v) is 43.8. The van der Waals surface area contributed by atoms with E-state index in [1.165, 1.54) is 0 Å². The molecular weight excluding hydrogens is 1020 g/mol. The molecule has 1 saturated heterocycles. The maximum absolute atomic E-state index is 14.1. The Kier molecular flexibility index (Phi) is 30.3. The first-order valence-corrected chi connectivity index (χ1v) is 26.0. The van der Waals surface area contributed by atoms with Crippen LogP contribution in [0.4, 0.5) is 4.79 Å². The lowest BCUT2D eigenvalue weighted by Gasteiger charge is -2.25. The van der Waals surface area contributed by atoms with Crippen molar-refractivity contribution in [1.29, 1.82) is 0 Å². The molecule has 3 unspecified atom stereocenters. The number of carbonyl (C=O) groups is 11. The molecule has 6 amide bonds. The van der Waals surface area contributed by atoms with Gasteiger partial charge in [0.25, 0.3) is 0 Å². The molecule has 78 heavy (non-hydrogen) atoms. The van der Waals surface area contributed by atoms with Crippen LogP contribution in [0.25, 0.3) is 0 Å². The van der Waals surface area contributed by atoms with Crippen LogP contribution in [0.1, 0.15) is 68.9 Å². The van der Waals surface area contributed by atoms with Crippen LogP contribution in [-0.2, 0) is 60.8 Å². The van der Waals surface area contributed by atoms with Gasteiger partial charge in [-0.1, -0.05) is 79.9 Å². The zero-order chi connectivity index (χ0) is 57.2. The fraction of sp³-hybridized carbons (Fsp3) is 0.558. The van der Waals surface area contributed by atoms with Gasteiger partial charge in [0.1, 0.15) is 30.5 Å². The molecule has 0 aromatic heterocycles. The van der Waals surface area contributed by atoms with Gasteiger partial charge in [0.2, 0.25) is 23.6 Å². The summed E-state index contributed by atoms with van der Waals surface area (Å²) in [5.41, 5.74) is 1.54. The number of hydrogen-bond acceptors (Lipinski definition) is 15. The predicted molar refractivity (Wildman–Crippen MR) is 281 cm³/mol. The Morgan fingerprint density at radius 3 is 1.49 bits per heavy atom. The maximum Gasteiger partial charge on any atom is 0.326 e. The van der Waals surface area contributed by atoms with Crippen molar-refractivity contribution < 1.29 is 78.3 Å². The van der Waals surface area contributed by atoms with E-state index in [9.17, 15) is 73.2 Å². The summed E-state index contributed by atoms with van der Waals surface area (Å²) >= 11 is 0. The molecule has 1 heterocycles. The van der Waals surface area contributed by atoms with E-state index < -0.39 is 90.6 Å². The van der Waals surface area contributed by atoms with E-state index >= 15 is 0 Å². The number of aliphatic carboxylic acids is 5. The van der Waals surface area contributed by atoms with Crippen LogP contribution < -0.4 is 37.2 Å². The summed E-state index contributed by atoms with van der Waals surface area (Å²) < 4.78 is 0. The number of carboxylic acid groups (broad SMARTS) is 5. The van der Waals surface area contributed by atoms with Gasteiger partial charge in [-0.15, -0.1) is 0 Å². The minimum atomic E-state index is -1.57. The lowest BCUT2D eigenvalue weighted by Crippen LogP contribution is -2.55. The van der Waals surface area contributed by atoms with Gasteiger partial charge in [-0.05, 0) is 43.4 Å². The molecule has 12 N–H and O–H groups in total. The Hall–Kier alpha value is -7.55. The fourth-order valence-corrected chi connectivity index (χ4v) is 8.42. The van der Waals surface area contributed by atoms with Crippen LogP contribution in [0.3, 0.4) is 0 Å². The number of amides is 6. The third-order valence-electron chi connectivity index (χ3n) is 12.6. The normalized spacial score (nSPS) is 15.2. The molecule has 2 aromatic carbocycles. The summed E-state index contributed by atoms with van der Waals surface area (Å²) in [7, 11) is 0. The highest BCUT2D eigenvalue weighted by atomic mass is 16.4. The molecule has 430 valence electrons. The minimum Gasteiger partial charge on any atom is -0.481 e. The maximum atomic E-state index is 14.1. The first-order valence-electron chi connectivity index (χ1n) is 26.0. The zero-order valence-electron chi connectivity index (χ0n) is 43.8. The summed E-state index contributed by atoms with van der Waals surface area (Å²) in [5.74, 6) is -8.89. The second kappa shape index (κ2) is 36.5. The summed E-state index contributed by atoms with van der Waals surface area (Å²) in [6.45, 7) is 2.33. The van der Waals surface area contributed by atoms with Gasteiger partial charge >= 0.3 is 35.9 Å². The van der Waals surface area contributed by atoms with E-state index in [0.717, 1.165) is 24.0 Å². The quantitative estimate of drug-likeness (QED) is 0.0284. The molecule has 0 saturated carbocycles. The molecule has 0 bridgehead atoms. The topological polar surface area (TPSA) is 383 Å². The van der Waals surface area contributed by atoms with Crippen molar-refractivity contribution in [2.75, 3.05) is 85.1 Å². The second-order valence-corrected chi connectivity index (χ2v) is 19.0. The second-order valence-electron chi connectivity index (χ2n) is 19.0. The highest BCUT2D eigenvalue weighted by Crippen LogP contribution is 2.11. The third kappa shape index (κ3) is 28.0. The third-order valence-corrected chi connectivity index (χ3v) is 12.6. The van der Waals surface area contributed by atoms with Crippen molar-refractivity contribution in [2.45, 2.75) is 94.8 Å². The van der Waals surface area contributed by atoms with Gasteiger partial charge in [0, 0.05) is 90.5 Å². The van der Waals surface area contributed by atoms with E-state index in [2.05, 4.69) is 31.9 Å². The average molecular weight is 1100 g/mol. The highest BCUT2D eigenvalue weighted by molar-refractivity contribution is 5.92. The Labute approximate surface area is 452 Å². The number of benzene rings is 2. The lowest BCUT2D eigenvalue weighted by atomic mass is 10.0. The Morgan fingerprint density at radius 2 is 0.974 bits per heavy atom. The molecular formula is C52H76N10O16. The van der Waals surface area contributed by atoms with Crippen LogP contribution in [0.2, 0.25) is 0 Å². The van der Waals surface area contributed by atoms with Gasteiger partial charge in [0.15, 0.2) is 0 Å². The number of aldehydes is 1. The molecule has 1 aliphatic rings. The van der Waals surface area contributed by atoms with Crippen molar-refractivity contribution in [3.63, 3.8) is 0 Å². The monoisotopic (exact) mass is 1100 g/mol. The predicted octanol–water partition coefficient (Wildman–Crippen LogP) is -1.03. The van der Waals surface area contributed by atoms with E-state index in [0.29, 0.717) is 71.4 Å². The molecule has 1 fully saturated rings. The molecule has 3 rings (SSSR count). The number of nitrogens with zero attached hydrogens (tertiary/aromatic N) is 3. The number of unbranched alkanes of at least 4 members (excludes halogenated alkanes) is 4. The van der Waals surface area contributed by atoms with Gasteiger partial charge in [-0.2, -0.15) is 0 Å². The number of urea groups is 1. The fourth-order valence-electron chi connectivity index (χ4n) is 8.42. The van der Waals surface area contributed by atoms with E-state index in [1.807, 2.05) is 58.7 Å². The van der Waals surface area contributed by atoms with Crippen LogP contribution in [-0.4, -0.2) is 215 Å². The number of hydrogen-bond donors (Lipinski definition) is 12. The van der Waals surface area contributed by atoms with Gasteiger partial charge in [-0.25, -0.2) is 14.4 Å². The standard InChI is InChI=1S/C52H76N10O16/c63-35-38(30-42(51(76)77)59-52(78)58-39(50(74)75)17-18-45(66)67)31-53-19-11-3-1-2-10-16-43(64)56-41(29-37-14-8-5-9-15-37)49(73)57-40(28-36-12-6-4-7-13-36)48(72)55-21-20-54-44(65)32-60-22-24-61(33-46(68)69)26-27-62(25-23-60)34-47(70)71/h4-9,12-15,35,38-42,53H,1-3,10-11,16-34H2,(H,54,65)(H,55,72)(H,56,64)(H,57,73)(H,66,67)(H,68,69)(H,70,71)(H,74,75)(H,76,77)(H2,58,59,78)/t38?,39?,40-,41-,42?/m0/s1. The van der Waals surface area contributed by atoms with E-state index in [-0.39, 0.29) is 76.8 Å². The van der Waals surface area contributed by atoms with Crippen LogP contribution in [0, 0.1) is 5.92 Å². The molecule has 26 nitrogen and oxygen atoms in total. The highest BCUT2D eigenvalue weighted by Gasteiger charge is 2.29. The largest absolute Gasteiger partial charge is 0.481 e. The van der Waals surface area contributed by atoms with Crippen molar-refractivity contribution in [3.8, 4) is 0 Å². The van der Waals surface area contributed by atoms with Gasteiger partial charge in [0.05, 0.1) is 19.6 Å². The van der Waals surface area contributed by atoms with Gasteiger partial charge < -0.3 is 67.5 Å². The number of rotatable bonds is 37. The van der Waals surface area contributed by atoms with Crippen molar-refractivity contribution >= 4 is 65.8 Å². The first-order chi connectivity index (χ1) is 37.3. The Bertz CT molecular complexity index is 2230. The minimum absolute atomic E-state index is 0.0169. The molecule has 5 atom stereocenters.